The summed E-state index contributed by atoms with van der Waals surface area (Å²) in [6.07, 6.45) is 10.8. The van der Waals surface area contributed by atoms with Gasteiger partial charge in [0.25, 0.3) is 0 Å². The summed E-state index contributed by atoms with van der Waals surface area (Å²) >= 11 is 0. The molecule has 0 rings (SSSR count). The largest absolute Gasteiger partial charge is 0.394 e. The number of ether oxygens (including phenoxy) is 3. The maximum atomic E-state index is 8.49. The van der Waals surface area contributed by atoms with Crippen molar-refractivity contribution in [2.45, 2.75) is 44.9 Å². The molecule has 0 aliphatic rings. The van der Waals surface area contributed by atoms with Gasteiger partial charge in [0.15, 0.2) is 0 Å². The number of unbranched alkanes of at least 4 members (excludes halogenated alkanes) is 6. The first-order valence-electron chi connectivity index (χ1n) is 7.86. The minimum Gasteiger partial charge on any atom is -0.394 e. The molecule has 0 fully saturated rings. The molecule has 0 saturated heterocycles. The van der Waals surface area contributed by atoms with E-state index in [1.807, 2.05) is 6.08 Å². The van der Waals surface area contributed by atoms with Gasteiger partial charge in [-0.1, -0.05) is 31.8 Å². The third-order valence-corrected chi connectivity index (χ3v) is 2.93. The third-order valence-electron chi connectivity index (χ3n) is 2.93. The lowest BCUT2D eigenvalue weighted by atomic mass is 10.1. The minimum atomic E-state index is 0.0668. The first kappa shape index (κ1) is 19.6. The molecule has 0 radical (unpaired) electrons. The van der Waals surface area contributed by atoms with Crippen LogP contribution in [0.15, 0.2) is 12.7 Å². The van der Waals surface area contributed by atoms with E-state index in [0.29, 0.717) is 33.0 Å². The van der Waals surface area contributed by atoms with Crippen LogP contribution in [0.5, 0.6) is 0 Å². The summed E-state index contributed by atoms with van der Waals surface area (Å²) in [5, 5.41) is 8.49. The van der Waals surface area contributed by atoms with Crippen molar-refractivity contribution in [2.24, 2.45) is 0 Å². The molecule has 0 bridgehead atoms. The molecular weight excluding hydrogens is 256 g/mol. The van der Waals surface area contributed by atoms with Crippen LogP contribution in [-0.2, 0) is 14.2 Å². The predicted molar refractivity (Wildman–Crippen MR) is 82.1 cm³/mol. The van der Waals surface area contributed by atoms with Crippen molar-refractivity contribution in [3.8, 4) is 0 Å². The van der Waals surface area contributed by atoms with Gasteiger partial charge in [0, 0.05) is 6.61 Å². The molecule has 120 valence electrons. The smallest absolute Gasteiger partial charge is 0.0701 e. The molecule has 4 heteroatoms. The molecule has 20 heavy (non-hydrogen) atoms. The number of aliphatic hydroxyl groups is 1. The van der Waals surface area contributed by atoms with E-state index in [1.165, 1.54) is 32.1 Å². The fourth-order valence-electron chi connectivity index (χ4n) is 1.81. The molecule has 0 aliphatic carbocycles. The molecule has 0 saturated carbocycles. The highest BCUT2D eigenvalue weighted by molar-refractivity contribution is 4.65. The Bertz CT molecular complexity index is 185. The summed E-state index contributed by atoms with van der Waals surface area (Å²) in [7, 11) is 0. The third kappa shape index (κ3) is 17.6. The van der Waals surface area contributed by atoms with E-state index in [1.54, 1.807) is 0 Å². The summed E-state index contributed by atoms with van der Waals surface area (Å²) in [4.78, 5) is 0. The second-order valence-electron chi connectivity index (χ2n) is 4.76. The van der Waals surface area contributed by atoms with Crippen LogP contribution in [0.25, 0.3) is 0 Å². The van der Waals surface area contributed by atoms with Crippen molar-refractivity contribution in [3.63, 3.8) is 0 Å². The summed E-state index contributed by atoms with van der Waals surface area (Å²) < 4.78 is 15.9. The summed E-state index contributed by atoms with van der Waals surface area (Å²) in [5.41, 5.74) is 0. The van der Waals surface area contributed by atoms with Gasteiger partial charge < -0.3 is 19.3 Å². The maximum absolute atomic E-state index is 8.49. The van der Waals surface area contributed by atoms with Crippen LogP contribution in [0.2, 0.25) is 0 Å². The topological polar surface area (TPSA) is 47.9 Å². The highest BCUT2D eigenvalue weighted by atomic mass is 16.5. The molecule has 4 nitrogen and oxygen atoms in total. The van der Waals surface area contributed by atoms with Crippen molar-refractivity contribution in [2.75, 3.05) is 46.2 Å². The lowest BCUT2D eigenvalue weighted by Crippen LogP contribution is -2.11. The van der Waals surface area contributed by atoms with Gasteiger partial charge in [-0.2, -0.15) is 0 Å². The molecule has 0 atom stereocenters. The Kier molecular flexibility index (Phi) is 18.2. The maximum Gasteiger partial charge on any atom is 0.0701 e. The van der Waals surface area contributed by atoms with Crippen LogP contribution in [-0.4, -0.2) is 51.4 Å². The SMILES string of the molecule is C=CCCCCCCCCOCCOCCOCCO. The minimum absolute atomic E-state index is 0.0668. The Hall–Kier alpha value is -0.420. The number of hydrogen-bond donors (Lipinski definition) is 1. The molecule has 0 spiro atoms. The van der Waals surface area contributed by atoms with E-state index in [9.17, 15) is 0 Å². The summed E-state index contributed by atoms with van der Waals surface area (Å²) in [6, 6.07) is 0. The van der Waals surface area contributed by atoms with Gasteiger partial charge in [-0.3, -0.25) is 0 Å². The van der Waals surface area contributed by atoms with Gasteiger partial charge in [0.1, 0.15) is 0 Å². The van der Waals surface area contributed by atoms with Crippen LogP contribution in [0.4, 0.5) is 0 Å². The molecule has 0 unspecified atom stereocenters. The van der Waals surface area contributed by atoms with Crippen LogP contribution in [0, 0.1) is 0 Å². The Labute approximate surface area is 124 Å². The van der Waals surface area contributed by atoms with Gasteiger partial charge in [-0.15, -0.1) is 6.58 Å². The highest BCUT2D eigenvalue weighted by Gasteiger charge is 1.93. The molecule has 0 aliphatic heterocycles. The number of rotatable bonds is 17. The van der Waals surface area contributed by atoms with E-state index >= 15 is 0 Å². The van der Waals surface area contributed by atoms with Crippen molar-refractivity contribution < 1.29 is 19.3 Å². The van der Waals surface area contributed by atoms with E-state index in [4.69, 9.17) is 19.3 Å². The average molecular weight is 288 g/mol. The molecule has 0 aromatic heterocycles. The zero-order chi connectivity index (χ0) is 14.7. The number of hydrogen-bond acceptors (Lipinski definition) is 4. The number of allylic oxidation sites excluding steroid dienone is 1. The van der Waals surface area contributed by atoms with Gasteiger partial charge in [-0.25, -0.2) is 0 Å². The van der Waals surface area contributed by atoms with Crippen LogP contribution in [0.3, 0.4) is 0 Å². The molecule has 0 amide bonds. The van der Waals surface area contributed by atoms with Crippen LogP contribution < -0.4 is 0 Å². The molecular formula is C16H32O4. The normalized spacial score (nSPS) is 10.8. The Morgan fingerprint density at radius 1 is 0.650 bits per heavy atom. The highest BCUT2D eigenvalue weighted by Crippen LogP contribution is 2.07. The van der Waals surface area contributed by atoms with E-state index in [2.05, 4.69) is 6.58 Å². The van der Waals surface area contributed by atoms with Crippen LogP contribution >= 0.6 is 0 Å². The Morgan fingerprint density at radius 3 is 1.75 bits per heavy atom. The monoisotopic (exact) mass is 288 g/mol. The Balaban J connectivity index is 2.90. The van der Waals surface area contributed by atoms with Gasteiger partial charge in [0.2, 0.25) is 0 Å². The summed E-state index contributed by atoms with van der Waals surface area (Å²) in [5.74, 6) is 0. The zero-order valence-electron chi connectivity index (χ0n) is 12.9. The first-order chi connectivity index (χ1) is 9.91. The van der Waals surface area contributed by atoms with E-state index < -0.39 is 0 Å². The molecule has 0 aromatic carbocycles. The molecule has 0 heterocycles. The lowest BCUT2D eigenvalue weighted by molar-refractivity contribution is 0.00719. The van der Waals surface area contributed by atoms with Gasteiger partial charge in [0.05, 0.1) is 39.6 Å². The lowest BCUT2D eigenvalue weighted by Gasteiger charge is -2.06. The predicted octanol–water partition coefficient (Wildman–Crippen LogP) is 2.95. The van der Waals surface area contributed by atoms with Crippen molar-refractivity contribution in [1.82, 2.24) is 0 Å². The van der Waals surface area contributed by atoms with E-state index in [0.717, 1.165) is 19.4 Å². The second-order valence-corrected chi connectivity index (χ2v) is 4.76. The van der Waals surface area contributed by atoms with Gasteiger partial charge >= 0.3 is 0 Å². The first-order valence-corrected chi connectivity index (χ1v) is 7.86. The zero-order valence-corrected chi connectivity index (χ0v) is 12.9. The van der Waals surface area contributed by atoms with Crippen molar-refractivity contribution in [3.05, 3.63) is 12.7 Å². The average Bonchev–Trinajstić information content (AvgIpc) is 2.47. The molecule has 1 N–H and O–H groups in total. The Morgan fingerprint density at radius 2 is 1.15 bits per heavy atom. The fourth-order valence-corrected chi connectivity index (χ4v) is 1.81. The second kappa shape index (κ2) is 18.6. The van der Waals surface area contributed by atoms with E-state index in [-0.39, 0.29) is 6.61 Å². The van der Waals surface area contributed by atoms with Crippen LogP contribution in [0.1, 0.15) is 44.9 Å². The van der Waals surface area contributed by atoms with Crippen molar-refractivity contribution >= 4 is 0 Å². The standard InChI is InChI=1S/C16H32O4/c1-2-3-4-5-6-7-8-9-11-18-13-15-20-16-14-19-12-10-17/h2,17H,1,3-16H2. The summed E-state index contributed by atoms with van der Waals surface area (Å²) in [6.45, 7) is 7.37. The fraction of sp³-hybridized carbons (Fsp3) is 0.875. The number of aliphatic hydroxyl groups excluding tert-OH is 1. The molecule has 0 aromatic rings. The van der Waals surface area contributed by atoms with Gasteiger partial charge in [-0.05, 0) is 19.3 Å². The quantitative estimate of drug-likeness (QED) is 0.330. The van der Waals surface area contributed by atoms with Crippen molar-refractivity contribution in [1.29, 1.82) is 0 Å².